The minimum atomic E-state index is -3.43. The van der Waals surface area contributed by atoms with Gasteiger partial charge in [-0.1, -0.05) is 48.5 Å². The molecule has 7 heteroatoms. The van der Waals surface area contributed by atoms with E-state index in [-0.39, 0.29) is 5.75 Å². The van der Waals surface area contributed by atoms with Crippen molar-refractivity contribution in [2.75, 3.05) is 6.54 Å². The van der Waals surface area contributed by atoms with Crippen LogP contribution >= 0.6 is 0 Å². The summed E-state index contributed by atoms with van der Waals surface area (Å²) in [6.45, 7) is 3.70. The molecule has 1 atom stereocenters. The normalized spacial score (nSPS) is 16.4. The summed E-state index contributed by atoms with van der Waals surface area (Å²) in [6.07, 6.45) is 1.61. The van der Waals surface area contributed by atoms with Gasteiger partial charge in [0.1, 0.15) is 18.4 Å². The quantitative estimate of drug-likeness (QED) is 0.483. The third-order valence-electron chi connectivity index (χ3n) is 6.03. The second kappa shape index (κ2) is 10.4. The molecule has 4 rings (SSSR count). The van der Waals surface area contributed by atoms with E-state index in [1.165, 1.54) is 0 Å². The van der Waals surface area contributed by atoms with Crippen LogP contribution in [-0.4, -0.2) is 37.0 Å². The lowest BCUT2D eigenvalue weighted by Crippen LogP contribution is -2.35. The van der Waals surface area contributed by atoms with Crippen molar-refractivity contribution < 1.29 is 23.1 Å². The molecule has 1 saturated heterocycles. The molecular formula is C27H29NO5S. The summed E-state index contributed by atoms with van der Waals surface area (Å²) in [5.74, 6) is -0.210. The Bertz CT molecular complexity index is 1240. The first-order chi connectivity index (χ1) is 16.3. The number of likely N-dealkylation sites (tertiary alicyclic amines) is 1. The van der Waals surface area contributed by atoms with Crippen molar-refractivity contribution in [3.8, 4) is 5.75 Å². The standard InChI is InChI=1S/C27H29NO5S/c1-20-14-23(19-34(31,32)25-6-3-2-4-7-25)16-24(15-20)33-18-22-11-9-21(10-12-22)17-28-13-5-8-26(28)27(29)30/h2-4,6-7,9-12,14-16,26H,5,8,13,17-19H2,1H3,(H,29,30)/t26-/m1/s1. The summed E-state index contributed by atoms with van der Waals surface area (Å²) < 4.78 is 31.5. The number of carboxylic acid groups (broad SMARTS) is 1. The molecule has 0 bridgehead atoms. The van der Waals surface area contributed by atoms with Gasteiger partial charge in [0.15, 0.2) is 9.84 Å². The van der Waals surface area contributed by atoms with Crippen LogP contribution in [0.5, 0.6) is 5.75 Å². The average Bonchev–Trinajstić information content (AvgIpc) is 3.27. The summed E-state index contributed by atoms with van der Waals surface area (Å²) in [6, 6.07) is 21.6. The minimum Gasteiger partial charge on any atom is -0.489 e. The number of aliphatic carboxylic acids is 1. The van der Waals surface area contributed by atoms with Crippen LogP contribution in [-0.2, 0) is 33.5 Å². The summed E-state index contributed by atoms with van der Waals surface area (Å²) in [5, 5.41) is 9.35. The maximum atomic E-state index is 12.7. The Hall–Kier alpha value is -3.16. The Morgan fingerprint density at radius 2 is 1.71 bits per heavy atom. The number of carbonyl (C=O) groups is 1. The van der Waals surface area contributed by atoms with Gasteiger partial charge in [-0.2, -0.15) is 0 Å². The first-order valence-corrected chi connectivity index (χ1v) is 13.0. The van der Waals surface area contributed by atoms with Gasteiger partial charge >= 0.3 is 5.97 Å². The van der Waals surface area contributed by atoms with Crippen LogP contribution in [0.25, 0.3) is 0 Å². The van der Waals surface area contributed by atoms with Crippen molar-refractivity contribution >= 4 is 15.8 Å². The van der Waals surface area contributed by atoms with E-state index in [2.05, 4.69) is 0 Å². The first-order valence-electron chi connectivity index (χ1n) is 11.4. The SMILES string of the molecule is Cc1cc(CS(=O)(=O)c2ccccc2)cc(OCc2ccc(CN3CCC[C@@H]3C(=O)O)cc2)c1. The number of sulfone groups is 1. The first kappa shape index (κ1) is 24.0. The van der Waals surface area contributed by atoms with E-state index in [1.807, 2.05) is 48.2 Å². The highest BCUT2D eigenvalue weighted by molar-refractivity contribution is 7.90. The molecule has 3 aromatic carbocycles. The van der Waals surface area contributed by atoms with E-state index < -0.39 is 21.8 Å². The van der Waals surface area contributed by atoms with Gasteiger partial charge in [0, 0.05) is 6.54 Å². The van der Waals surface area contributed by atoms with Gasteiger partial charge < -0.3 is 9.84 Å². The molecule has 0 radical (unpaired) electrons. The lowest BCUT2D eigenvalue weighted by Gasteiger charge is -2.21. The van der Waals surface area contributed by atoms with Gasteiger partial charge in [0.05, 0.1) is 10.6 Å². The maximum Gasteiger partial charge on any atom is 0.320 e. The van der Waals surface area contributed by atoms with Crippen molar-refractivity contribution in [2.45, 2.75) is 49.6 Å². The summed E-state index contributed by atoms with van der Waals surface area (Å²) >= 11 is 0. The topological polar surface area (TPSA) is 83.9 Å². The van der Waals surface area contributed by atoms with E-state index in [0.29, 0.717) is 35.8 Å². The molecule has 6 nitrogen and oxygen atoms in total. The van der Waals surface area contributed by atoms with E-state index in [9.17, 15) is 18.3 Å². The van der Waals surface area contributed by atoms with Crippen molar-refractivity contribution in [1.29, 1.82) is 0 Å². The second-order valence-electron chi connectivity index (χ2n) is 8.80. The molecule has 0 saturated carbocycles. The van der Waals surface area contributed by atoms with Crippen LogP contribution in [0, 0.1) is 6.92 Å². The Balaban J connectivity index is 1.38. The molecule has 1 heterocycles. The lowest BCUT2D eigenvalue weighted by atomic mass is 10.1. The molecule has 1 N–H and O–H groups in total. The van der Waals surface area contributed by atoms with Crippen LogP contribution in [0.3, 0.4) is 0 Å². The van der Waals surface area contributed by atoms with Gasteiger partial charge in [-0.15, -0.1) is 0 Å². The highest BCUT2D eigenvalue weighted by Gasteiger charge is 2.30. The number of nitrogens with zero attached hydrogens (tertiary/aromatic N) is 1. The maximum absolute atomic E-state index is 12.7. The van der Waals surface area contributed by atoms with Crippen LogP contribution in [0.15, 0.2) is 77.7 Å². The third-order valence-corrected chi connectivity index (χ3v) is 7.74. The Labute approximate surface area is 200 Å². The monoisotopic (exact) mass is 479 g/mol. The molecule has 0 amide bonds. The second-order valence-corrected chi connectivity index (χ2v) is 10.8. The Morgan fingerprint density at radius 3 is 2.41 bits per heavy atom. The molecule has 0 spiro atoms. The van der Waals surface area contributed by atoms with E-state index in [4.69, 9.17) is 4.74 Å². The number of rotatable bonds is 9. The zero-order valence-electron chi connectivity index (χ0n) is 19.2. The molecule has 0 aliphatic carbocycles. The summed E-state index contributed by atoms with van der Waals surface area (Å²) in [7, 11) is -3.43. The minimum absolute atomic E-state index is 0.0857. The van der Waals surface area contributed by atoms with Gasteiger partial charge in [0.2, 0.25) is 0 Å². The van der Waals surface area contributed by atoms with E-state index >= 15 is 0 Å². The average molecular weight is 480 g/mol. The zero-order valence-corrected chi connectivity index (χ0v) is 20.0. The van der Waals surface area contributed by atoms with Gasteiger partial charge in [-0.25, -0.2) is 8.42 Å². The molecule has 0 unspecified atom stereocenters. The fourth-order valence-corrected chi connectivity index (χ4v) is 5.70. The van der Waals surface area contributed by atoms with Crippen molar-refractivity contribution in [1.82, 2.24) is 4.90 Å². The molecule has 1 aliphatic rings. The van der Waals surface area contributed by atoms with Crippen LogP contribution in [0.1, 0.15) is 35.1 Å². The number of carboxylic acids is 1. The predicted octanol–water partition coefficient (Wildman–Crippen LogP) is 4.60. The summed E-state index contributed by atoms with van der Waals surface area (Å²) in [4.78, 5) is 13.7. The molecular weight excluding hydrogens is 450 g/mol. The van der Waals surface area contributed by atoms with Crippen LogP contribution in [0.4, 0.5) is 0 Å². The molecule has 178 valence electrons. The number of ether oxygens (including phenoxy) is 1. The Morgan fingerprint density at radius 1 is 1.00 bits per heavy atom. The molecule has 1 fully saturated rings. The molecule has 34 heavy (non-hydrogen) atoms. The van der Waals surface area contributed by atoms with Crippen molar-refractivity contribution in [2.24, 2.45) is 0 Å². The number of hydrogen-bond acceptors (Lipinski definition) is 5. The van der Waals surface area contributed by atoms with Gasteiger partial charge in [-0.05, 0) is 72.8 Å². The van der Waals surface area contributed by atoms with Crippen LogP contribution < -0.4 is 4.74 Å². The fourth-order valence-electron chi connectivity index (χ4n) is 4.36. The Kier molecular flexibility index (Phi) is 7.34. The molecule has 3 aromatic rings. The van der Waals surface area contributed by atoms with Crippen LogP contribution in [0.2, 0.25) is 0 Å². The van der Waals surface area contributed by atoms with E-state index in [1.54, 1.807) is 36.4 Å². The van der Waals surface area contributed by atoms with Gasteiger partial charge in [0.25, 0.3) is 0 Å². The highest BCUT2D eigenvalue weighted by atomic mass is 32.2. The van der Waals surface area contributed by atoms with E-state index in [0.717, 1.165) is 29.7 Å². The zero-order chi connectivity index (χ0) is 24.1. The van der Waals surface area contributed by atoms with Crippen molar-refractivity contribution in [3.63, 3.8) is 0 Å². The lowest BCUT2D eigenvalue weighted by molar-refractivity contribution is -0.142. The smallest absolute Gasteiger partial charge is 0.320 e. The van der Waals surface area contributed by atoms with Gasteiger partial charge in [-0.3, -0.25) is 9.69 Å². The largest absolute Gasteiger partial charge is 0.489 e. The van der Waals surface area contributed by atoms with Crippen molar-refractivity contribution in [3.05, 3.63) is 95.1 Å². The molecule has 1 aliphatic heterocycles. The third kappa shape index (κ3) is 6.04. The number of benzene rings is 3. The molecule has 0 aromatic heterocycles. The highest BCUT2D eigenvalue weighted by Crippen LogP contribution is 2.24. The predicted molar refractivity (Wildman–Crippen MR) is 130 cm³/mol. The summed E-state index contributed by atoms with van der Waals surface area (Å²) in [5.41, 5.74) is 3.68. The number of aryl methyl sites for hydroxylation is 1. The fraction of sp³-hybridized carbons (Fsp3) is 0.296. The number of hydrogen-bond donors (Lipinski definition) is 1.